The molecule has 1 aliphatic heterocycles. The first kappa shape index (κ1) is 37.6. The van der Waals surface area contributed by atoms with Crippen LogP contribution >= 0.6 is 0 Å². The molecule has 1 unspecified atom stereocenters. The zero-order valence-electron chi connectivity index (χ0n) is 29.2. The number of nitrogens with zero attached hydrogens (tertiary/aromatic N) is 1. The molecule has 3 aromatic carbocycles. The smallest absolute Gasteiger partial charge is 0.249 e. The van der Waals surface area contributed by atoms with E-state index in [-0.39, 0.29) is 36.8 Å². The molecule has 1 heterocycles. The van der Waals surface area contributed by atoms with Gasteiger partial charge in [0.05, 0.1) is 19.3 Å². The van der Waals surface area contributed by atoms with Crippen molar-refractivity contribution in [3.8, 4) is 5.75 Å². The average Bonchev–Trinajstić information content (AvgIpc) is 3.44. The van der Waals surface area contributed by atoms with Gasteiger partial charge in [-0.3, -0.25) is 14.4 Å². The van der Waals surface area contributed by atoms with Gasteiger partial charge >= 0.3 is 0 Å². The van der Waals surface area contributed by atoms with E-state index in [0.29, 0.717) is 45.2 Å². The third-order valence-corrected chi connectivity index (χ3v) is 9.62. The molecule has 4 N–H and O–H groups in total. The number of aliphatic hydroxyl groups excluding tert-OH is 1. The molecule has 0 aromatic heterocycles. The molecule has 0 saturated carbocycles. The third-order valence-electron chi connectivity index (χ3n) is 9.62. The van der Waals surface area contributed by atoms with Gasteiger partial charge in [-0.1, -0.05) is 93.1 Å². The summed E-state index contributed by atoms with van der Waals surface area (Å²) in [6.45, 7) is 4.84. The van der Waals surface area contributed by atoms with Crippen molar-refractivity contribution in [1.82, 2.24) is 20.9 Å². The lowest BCUT2D eigenvalue weighted by Gasteiger charge is -2.36. The maximum absolute atomic E-state index is 14.4. The number of aliphatic hydroxyl groups is 1. The molecule has 264 valence electrons. The average molecular weight is 673 g/mol. The molecule has 1 aliphatic rings. The number of hydrogen-bond donors (Lipinski definition) is 4. The molecule has 0 radical (unpaired) electrons. The first-order valence-electron chi connectivity index (χ1n) is 17.2. The van der Waals surface area contributed by atoms with E-state index in [1.807, 2.05) is 98.8 Å². The molecule has 0 bridgehead atoms. The minimum absolute atomic E-state index is 0.158. The van der Waals surface area contributed by atoms with Crippen LogP contribution in [0.1, 0.15) is 49.8 Å². The summed E-state index contributed by atoms with van der Waals surface area (Å²) in [4.78, 5) is 43.2. The zero-order chi connectivity index (χ0) is 35.2. The van der Waals surface area contributed by atoms with Gasteiger partial charge in [0.2, 0.25) is 17.7 Å². The molecular weight excluding hydrogens is 620 g/mol. The lowest BCUT2D eigenvalue weighted by atomic mass is 9.81. The SMILES string of the molecule is CC[C@H](C)[C@@]1(NC(=O)COC)CCN([C@H](CCc2ccccc2)C(=O)N[C@@H](Cc2ccccc2)C(O)CNCc2cccc(OC)c2)C1=O. The van der Waals surface area contributed by atoms with Crippen LogP contribution in [0.5, 0.6) is 5.75 Å². The van der Waals surface area contributed by atoms with Gasteiger partial charge in [0, 0.05) is 26.7 Å². The van der Waals surface area contributed by atoms with Crippen molar-refractivity contribution >= 4 is 17.7 Å². The fourth-order valence-electron chi connectivity index (χ4n) is 6.62. The number of benzene rings is 3. The largest absolute Gasteiger partial charge is 0.497 e. The van der Waals surface area contributed by atoms with Crippen molar-refractivity contribution in [2.24, 2.45) is 5.92 Å². The summed E-state index contributed by atoms with van der Waals surface area (Å²) in [5, 5.41) is 20.9. The Morgan fingerprint density at radius 3 is 2.29 bits per heavy atom. The number of carbonyl (C=O) groups is 3. The molecule has 3 amide bonds. The topological polar surface area (TPSA) is 129 Å². The molecule has 10 nitrogen and oxygen atoms in total. The van der Waals surface area contributed by atoms with Crippen LogP contribution in [0.15, 0.2) is 84.9 Å². The lowest BCUT2D eigenvalue weighted by Crippen LogP contribution is -2.61. The number of aryl methyl sites for hydroxylation is 1. The van der Waals surface area contributed by atoms with Crippen LogP contribution in [0.2, 0.25) is 0 Å². The maximum Gasteiger partial charge on any atom is 0.249 e. The molecule has 10 heteroatoms. The molecule has 0 aliphatic carbocycles. The number of nitrogens with one attached hydrogen (secondary N) is 3. The van der Waals surface area contributed by atoms with Gasteiger partial charge in [-0.05, 0) is 60.4 Å². The molecule has 1 saturated heterocycles. The number of amides is 3. The van der Waals surface area contributed by atoms with E-state index in [1.165, 1.54) is 7.11 Å². The third kappa shape index (κ3) is 10.1. The Morgan fingerprint density at radius 1 is 0.959 bits per heavy atom. The van der Waals surface area contributed by atoms with Crippen LogP contribution in [-0.2, 0) is 38.5 Å². The molecule has 1 fully saturated rings. The fraction of sp³-hybridized carbons (Fsp3) is 0.462. The number of hydrogen-bond acceptors (Lipinski definition) is 7. The Balaban J connectivity index is 1.57. The monoisotopic (exact) mass is 672 g/mol. The highest BCUT2D eigenvalue weighted by atomic mass is 16.5. The van der Waals surface area contributed by atoms with E-state index in [4.69, 9.17) is 9.47 Å². The second-order valence-corrected chi connectivity index (χ2v) is 12.9. The quantitative estimate of drug-likeness (QED) is 0.153. The maximum atomic E-state index is 14.4. The highest BCUT2D eigenvalue weighted by molar-refractivity contribution is 5.97. The van der Waals surface area contributed by atoms with Crippen LogP contribution in [-0.4, -0.2) is 85.4 Å². The molecule has 3 aromatic rings. The second kappa shape index (κ2) is 18.5. The van der Waals surface area contributed by atoms with E-state index in [0.717, 1.165) is 22.4 Å². The minimum Gasteiger partial charge on any atom is -0.497 e. The Labute approximate surface area is 290 Å². The first-order chi connectivity index (χ1) is 23.7. The number of carbonyl (C=O) groups excluding carboxylic acids is 3. The predicted molar refractivity (Wildman–Crippen MR) is 190 cm³/mol. The number of likely N-dealkylation sites (tertiary alicyclic amines) is 1. The van der Waals surface area contributed by atoms with E-state index in [9.17, 15) is 19.5 Å². The van der Waals surface area contributed by atoms with E-state index in [2.05, 4.69) is 16.0 Å². The molecule has 49 heavy (non-hydrogen) atoms. The van der Waals surface area contributed by atoms with Crippen molar-refractivity contribution in [3.63, 3.8) is 0 Å². The van der Waals surface area contributed by atoms with Gasteiger partial charge in [0.15, 0.2) is 0 Å². The standard InChI is InChI=1S/C39H52N4O6/c1-5-28(2)39(42-36(45)27-48-3)21-22-43(38(39)47)34(20-19-29-13-8-6-9-14-29)37(46)41-33(24-30-15-10-7-11-16-30)35(44)26-40-25-31-17-12-18-32(23-31)49-4/h6-18,23,28,33-35,40,44H,5,19-22,24-27H2,1-4H3,(H,41,46)(H,42,45)/t28-,33-,34+,35?,39-/m0/s1. The summed E-state index contributed by atoms with van der Waals surface area (Å²) >= 11 is 0. The first-order valence-corrected chi connectivity index (χ1v) is 17.2. The number of methoxy groups -OCH3 is 2. The Bertz CT molecular complexity index is 1490. The second-order valence-electron chi connectivity index (χ2n) is 12.9. The molecule has 5 atom stereocenters. The van der Waals surface area contributed by atoms with Crippen molar-refractivity contribution in [3.05, 3.63) is 102 Å². The summed E-state index contributed by atoms with van der Waals surface area (Å²) < 4.78 is 10.4. The summed E-state index contributed by atoms with van der Waals surface area (Å²) in [6.07, 6.45) is 1.48. The van der Waals surface area contributed by atoms with Crippen LogP contribution in [0.3, 0.4) is 0 Å². The van der Waals surface area contributed by atoms with Gasteiger partial charge in [0.25, 0.3) is 0 Å². The van der Waals surface area contributed by atoms with Gasteiger partial charge in [-0.15, -0.1) is 0 Å². The molecule has 4 rings (SSSR count). The van der Waals surface area contributed by atoms with Gasteiger partial charge in [-0.25, -0.2) is 0 Å². The normalized spacial score (nSPS) is 18.4. The van der Waals surface area contributed by atoms with Crippen LogP contribution < -0.4 is 20.7 Å². The Morgan fingerprint density at radius 2 is 1.63 bits per heavy atom. The van der Waals surface area contributed by atoms with Crippen molar-refractivity contribution in [2.75, 3.05) is 33.9 Å². The van der Waals surface area contributed by atoms with Crippen LogP contribution in [0, 0.1) is 5.92 Å². The van der Waals surface area contributed by atoms with E-state index >= 15 is 0 Å². The fourth-order valence-corrected chi connectivity index (χ4v) is 6.62. The van der Waals surface area contributed by atoms with Crippen LogP contribution in [0.25, 0.3) is 0 Å². The molecular formula is C39H52N4O6. The van der Waals surface area contributed by atoms with Crippen LogP contribution in [0.4, 0.5) is 0 Å². The molecule has 0 spiro atoms. The minimum atomic E-state index is -1.14. The summed E-state index contributed by atoms with van der Waals surface area (Å²) in [7, 11) is 3.06. The van der Waals surface area contributed by atoms with E-state index in [1.54, 1.807) is 12.0 Å². The summed E-state index contributed by atoms with van der Waals surface area (Å²) in [6, 6.07) is 25.8. The summed E-state index contributed by atoms with van der Waals surface area (Å²) in [5.41, 5.74) is 1.89. The predicted octanol–water partition coefficient (Wildman–Crippen LogP) is 3.65. The highest BCUT2D eigenvalue weighted by Crippen LogP contribution is 2.34. The van der Waals surface area contributed by atoms with Gasteiger partial charge in [0.1, 0.15) is 23.9 Å². The van der Waals surface area contributed by atoms with Gasteiger partial charge < -0.3 is 35.4 Å². The Kier molecular flexibility index (Phi) is 14.2. The number of rotatable bonds is 19. The number of ether oxygens (including phenoxy) is 2. The van der Waals surface area contributed by atoms with Crippen molar-refractivity contribution in [1.29, 1.82) is 0 Å². The van der Waals surface area contributed by atoms with Crippen molar-refractivity contribution < 1.29 is 29.0 Å². The Hall–Kier alpha value is -4.25. The van der Waals surface area contributed by atoms with Gasteiger partial charge in [-0.2, -0.15) is 0 Å². The highest BCUT2D eigenvalue weighted by Gasteiger charge is 2.53. The zero-order valence-corrected chi connectivity index (χ0v) is 29.2. The summed E-state index contributed by atoms with van der Waals surface area (Å²) in [5.74, 6) is -0.370. The lowest BCUT2D eigenvalue weighted by molar-refractivity contribution is -0.145. The van der Waals surface area contributed by atoms with E-state index < -0.39 is 23.7 Å². The van der Waals surface area contributed by atoms with Crippen molar-refractivity contribution in [2.45, 2.75) is 76.2 Å².